The highest BCUT2D eigenvalue weighted by Gasteiger charge is 2.22. The lowest BCUT2D eigenvalue weighted by Crippen LogP contribution is -2.48. The van der Waals surface area contributed by atoms with Crippen molar-refractivity contribution in [3.63, 3.8) is 0 Å². The van der Waals surface area contributed by atoms with Gasteiger partial charge in [-0.3, -0.25) is 9.59 Å². The number of piperazine rings is 1. The van der Waals surface area contributed by atoms with E-state index in [0.29, 0.717) is 35.8 Å². The van der Waals surface area contributed by atoms with Gasteiger partial charge < -0.3 is 24.6 Å². The Morgan fingerprint density at radius 1 is 0.848 bits per heavy atom. The van der Waals surface area contributed by atoms with Crippen molar-refractivity contribution in [2.75, 3.05) is 50.1 Å². The minimum absolute atomic E-state index is 0.00466. The fourth-order valence-corrected chi connectivity index (χ4v) is 3.73. The summed E-state index contributed by atoms with van der Waals surface area (Å²) in [5, 5.41) is 2.77. The molecule has 1 heterocycles. The van der Waals surface area contributed by atoms with E-state index in [1.54, 1.807) is 55.6 Å². The number of methoxy groups -OCH3 is 1. The van der Waals surface area contributed by atoms with Crippen molar-refractivity contribution in [3.05, 3.63) is 84.4 Å². The predicted molar refractivity (Wildman–Crippen MR) is 128 cm³/mol. The molecule has 7 nitrogen and oxygen atoms in total. The molecule has 0 spiro atoms. The van der Waals surface area contributed by atoms with Crippen LogP contribution >= 0.6 is 0 Å². The molecule has 0 aromatic heterocycles. The smallest absolute Gasteiger partial charge is 0.262 e. The molecule has 1 saturated heterocycles. The van der Waals surface area contributed by atoms with E-state index in [4.69, 9.17) is 9.47 Å². The van der Waals surface area contributed by atoms with Gasteiger partial charge in [-0.05, 0) is 48.5 Å². The van der Waals surface area contributed by atoms with E-state index in [-0.39, 0.29) is 18.4 Å². The maximum Gasteiger partial charge on any atom is 0.262 e. The van der Waals surface area contributed by atoms with Gasteiger partial charge in [0.05, 0.1) is 7.11 Å². The van der Waals surface area contributed by atoms with Crippen LogP contribution in [0.1, 0.15) is 10.4 Å². The van der Waals surface area contributed by atoms with Gasteiger partial charge in [-0.1, -0.05) is 24.3 Å². The number of ether oxygens (including phenoxy) is 2. The topological polar surface area (TPSA) is 71.1 Å². The van der Waals surface area contributed by atoms with Crippen LogP contribution in [-0.4, -0.2) is 56.6 Å². The van der Waals surface area contributed by atoms with Gasteiger partial charge in [0.15, 0.2) is 6.61 Å². The quantitative estimate of drug-likeness (QED) is 0.601. The first-order valence-corrected chi connectivity index (χ1v) is 10.9. The Kier molecular flexibility index (Phi) is 7.09. The average Bonchev–Trinajstić information content (AvgIpc) is 2.88. The number of benzene rings is 3. The van der Waals surface area contributed by atoms with Crippen molar-refractivity contribution in [2.24, 2.45) is 0 Å². The normalized spacial score (nSPS) is 13.4. The second kappa shape index (κ2) is 10.5. The summed E-state index contributed by atoms with van der Waals surface area (Å²) >= 11 is 0. The van der Waals surface area contributed by atoms with E-state index in [1.165, 1.54) is 5.69 Å². The molecule has 1 aliphatic rings. The minimum atomic E-state index is -0.278. The number of hydrogen-bond donors (Lipinski definition) is 1. The first-order chi connectivity index (χ1) is 16.1. The third-order valence-electron chi connectivity index (χ3n) is 5.51. The van der Waals surface area contributed by atoms with Crippen LogP contribution < -0.4 is 19.7 Å². The number of nitrogens with one attached hydrogen (secondary N) is 1. The summed E-state index contributed by atoms with van der Waals surface area (Å²) < 4.78 is 10.7. The Bertz CT molecular complexity index is 1080. The summed E-state index contributed by atoms with van der Waals surface area (Å²) in [7, 11) is 1.57. The number of rotatable bonds is 7. The van der Waals surface area contributed by atoms with E-state index in [1.807, 2.05) is 23.1 Å². The molecule has 2 amide bonds. The first-order valence-electron chi connectivity index (χ1n) is 10.9. The second-order valence-electron chi connectivity index (χ2n) is 7.71. The van der Waals surface area contributed by atoms with E-state index in [9.17, 15) is 9.59 Å². The molecule has 1 N–H and O–H groups in total. The van der Waals surface area contributed by atoms with Crippen LogP contribution in [0.25, 0.3) is 0 Å². The highest BCUT2D eigenvalue weighted by atomic mass is 16.5. The third-order valence-corrected chi connectivity index (χ3v) is 5.51. The molecule has 0 aliphatic carbocycles. The van der Waals surface area contributed by atoms with Crippen molar-refractivity contribution in [2.45, 2.75) is 0 Å². The molecule has 0 radical (unpaired) electrons. The van der Waals surface area contributed by atoms with Gasteiger partial charge in [0, 0.05) is 49.2 Å². The summed E-state index contributed by atoms with van der Waals surface area (Å²) in [6.45, 7) is 2.83. The third kappa shape index (κ3) is 5.83. The number of amides is 2. The molecule has 33 heavy (non-hydrogen) atoms. The van der Waals surface area contributed by atoms with Gasteiger partial charge in [0.1, 0.15) is 11.5 Å². The first kappa shape index (κ1) is 22.2. The molecule has 0 unspecified atom stereocenters. The molecule has 1 fully saturated rings. The Labute approximate surface area is 193 Å². The predicted octanol–water partition coefficient (Wildman–Crippen LogP) is 3.68. The van der Waals surface area contributed by atoms with Gasteiger partial charge >= 0.3 is 0 Å². The summed E-state index contributed by atoms with van der Waals surface area (Å²) in [5.41, 5.74) is 2.43. The molecule has 3 aromatic rings. The fourth-order valence-electron chi connectivity index (χ4n) is 3.73. The molecule has 7 heteroatoms. The van der Waals surface area contributed by atoms with Gasteiger partial charge in [-0.25, -0.2) is 0 Å². The number of nitrogens with zero attached hydrogens (tertiary/aromatic N) is 2. The van der Waals surface area contributed by atoms with Crippen LogP contribution in [0, 0.1) is 0 Å². The highest BCUT2D eigenvalue weighted by molar-refractivity contribution is 5.94. The van der Waals surface area contributed by atoms with Crippen LogP contribution in [0.3, 0.4) is 0 Å². The molecular weight excluding hydrogens is 418 g/mol. The number of anilines is 2. The fraction of sp³-hybridized carbons (Fsp3) is 0.231. The Morgan fingerprint density at radius 3 is 2.27 bits per heavy atom. The molecule has 0 saturated carbocycles. The zero-order valence-electron chi connectivity index (χ0n) is 18.6. The zero-order chi connectivity index (χ0) is 23.0. The Balaban J connectivity index is 1.25. The maximum atomic E-state index is 12.9. The van der Waals surface area contributed by atoms with Gasteiger partial charge in [0.25, 0.3) is 11.8 Å². The largest absolute Gasteiger partial charge is 0.497 e. The van der Waals surface area contributed by atoms with Crippen LogP contribution in [0.4, 0.5) is 11.4 Å². The second-order valence-corrected chi connectivity index (χ2v) is 7.71. The molecule has 3 aromatic carbocycles. The van der Waals surface area contributed by atoms with Crippen LogP contribution in [0.2, 0.25) is 0 Å². The Hall–Kier alpha value is -4.00. The summed E-state index contributed by atoms with van der Waals surface area (Å²) in [5.74, 6) is 0.918. The molecule has 4 rings (SSSR count). The minimum Gasteiger partial charge on any atom is -0.497 e. The standard InChI is InChI=1S/C26H27N3O4/c1-32-24-9-5-6-21(18-24)27-25(30)19-33-23-12-10-20(11-13-23)26(31)29-16-14-28(15-17-29)22-7-3-2-4-8-22/h2-13,18H,14-17,19H2,1H3,(H,27,30). The van der Waals surface area contributed by atoms with E-state index in [2.05, 4.69) is 22.3 Å². The lowest BCUT2D eigenvalue weighted by molar-refractivity contribution is -0.118. The monoisotopic (exact) mass is 445 g/mol. The number of para-hydroxylation sites is 1. The highest BCUT2D eigenvalue weighted by Crippen LogP contribution is 2.19. The average molecular weight is 446 g/mol. The number of carbonyl (C=O) groups excluding carboxylic acids is 2. The van der Waals surface area contributed by atoms with E-state index in [0.717, 1.165) is 13.1 Å². The van der Waals surface area contributed by atoms with Gasteiger partial charge in [-0.15, -0.1) is 0 Å². The maximum absolute atomic E-state index is 12.9. The van der Waals surface area contributed by atoms with Crippen molar-refractivity contribution in [1.82, 2.24) is 4.90 Å². The van der Waals surface area contributed by atoms with E-state index < -0.39 is 0 Å². The van der Waals surface area contributed by atoms with Crippen LogP contribution in [0.5, 0.6) is 11.5 Å². The lowest BCUT2D eigenvalue weighted by Gasteiger charge is -2.36. The summed E-state index contributed by atoms with van der Waals surface area (Å²) in [6, 6.07) is 24.3. The van der Waals surface area contributed by atoms with Gasteiger partial charge in [-0.2, -0.15) is 0 Å². The molecular formula is C26H27N3O4. The SMILES string of the molecule is COc1cccc(NC(=O)COc2ccc(C(=O)N3CCN(c4ccccc4)CC3)cc2)c1. The van der Waals surface area contributed by atoms with Gasteiger partial charge in [0.2, 0.25) is 0 Å². The number of hydrogen-bond acceptors (Lipinski definition) is 5. The molecule has 170 valence electrons. The van der Waals surface area contributed by atoms with Crippen molar-refractivity contribution in [3.8, 4) is 11.5 Å². The zero-order valence-corrected chi connectivity index (χ0v) is 18.6. The molecule has 0 bridgehead atoms. The van der Waals surface area contributed by atoms with E-state index >= 15 is 0 Å². The molecule has 0 atom stereocenters. The van der Waals surface area contributed by atoms with Crippen molar-refractivity contribution < 1.29 is 19.1 Å². The molecule has 1 aliphatic heterocycles. The Morgan fingerprint density at radius 2 is 1.58 bits per heavy atom. The summed E-state index contributed by atoms with van der Waals surface area (Å²) in [4.78, 5) is 29.2. The van der Waals surface area contributed by atoms with Crippen LogP contribution in [0.15, 0.2) is 78.9 Å². The lowest BCUT2D eigenvalue weighted by atomic mass is 10.1. The van der Waals surface area contributed by atoms with Crippen LogP contribution in [-0.2, 0) is 4.79 Å². The number of carbonyl (C=O) groups is 2. The van der Waals surface area contributed by atoms with Crippen molar-refractivity contribution in [1.29, 1.82) is 0 Å². The summed E-state index contributed by atoms with van der Waals surface area (Å²) in [6.07, 6.45) is 0. The van der Waals surface area contributed by atoms with Crippen molar-refractivity contribution >= 4 is 23.2 Å².